The molecule has 4 rings (SSSR count). The van der Waals surface area contributed by atoms with E-state index >= 15 is 0 Å². The molecular weight excluding hydrogens is 601 g/mol. The maximum absolute atomic E-state index is 13.5. The van der Waals surface area contributed by atoms with Gasteiger partial charge in [0, 0.05) is 36.7 Å². The van der Waals surface area contributed by atoms with Crippen LogP contribution in [-0.2, 0) is 37.4 Å². The van der Waals surface area contributed by atoms with E-state index in [1.54, 1.807) is 6.07 Å². The fourth-order valence-corrected chi connectivity index (χ4v) is 7.65. The molecule has 0 aliphatic carbocycles. The van der Waals surface area contributed by atoms with E-state index in [4.69, 9.17) is 0 Å². The quantitative estimate of drug-likeness (QED) is 0.287. The molecule has 3 aromatic rings. The van der Waals surface area contributed by atoms with E-state index in [0.29, 0.717) is 12.1 Å². The molecule has 1 aliphatic rings. The third-order valence-electron chi connectivity index (χ3n) is 8.09. The first-order valence-corrected chi connectivity index (χ1v) is 18.7. The molecule has 1 heterocycles. The summed E-state index contributed by atoms with van der Waals surface area (Å²) in [7, 11) is -6.64. The molecule has 236 valence electrons. The van der Waals surface area contributed by atoms with Crippen LogP contribution in [0.1, 0.15) is 46.3 Å². The number of hydrogen-bond donors (Lipinski definition) is 2. The van der Waals surface area contributed by atoms with Crippen molar-refractivity contribution in [3.05, 3.63) is 95.1 Å². The number of nitrogens with zero attached hydrogens (tertiary/aromatic N) is 1. The summed E-state index contributed by atoms with van der Waals surface area (Å²) in [4.78, 5) is 27.6. The van der Waals surface area contributed by atoms with E-state index < -0.39 is 37.6 Å². The minimum atomic E-state index is -3.42. The Labute approximate surface area is 260 Å². The van der Waals surface area contributed by atoms with Gasteiger partial charge in [0.05, 0.1) is 11.5 Å². The van der Waals surface area contributed by atoms with Crippen LogP contribution in [0.5, 0.6) is 0 Å². The predicted molar refractivity (Wildman–Crippen MR) is 172 cm³/mol. The van der Waals surface area contributed by atoms with Gasteiger partial charge in [-0.1, -0.05) is 60.7 Å². The average Bonchev–Trinajstić information content (AvgIpc) is 3.29. The molecule has 9 nitrogen and oxygen atoms in total. The summed E-state index contributed by atoms with van der Waals surface area (Å²) in [5.74, 6) is -2.24. The highest BCUT2D eigenvalue weighted by Crippen LogP contribution is 2.33. The first kappa shape index (κ1) is 33.4. The van der Waals surface area contributed by atoms with Gasteiger partial charge in [-0.25, -0.2) is 21.6 Å². The van der Waals surface area contributed by atoms with Crippen LogP contribution >= 0.6 is 0 Å². The number of rotatable bonds is 13. The van der Waals surface area contributed by atoms with Gasteiger partial charge in [0.25, 0.3) is 5.91 Å². The van der Waals surface area contributed by atoms with Gasteiger partial charge in [-0.3, -0.25) is 9.69 Å². The average molecular weight is 641 g/mol. The molecule has 0 saturated carbocycles. The SMILES string of the molecule is Cc1ccccc1-c1cc(CN2C(Cc3ccccc3)CC[C@H]2CS(C)(=O)=O)ccc1C(=O)N[C@@H](CCS(C)(=O)=O)C(=O)O. The van der Waals surface area contributed by atoms with Crippen molar-refractivity contribution in [3.8, 4) is 11.1 Å². The summed E-state index contributed by atoms with van der Waals surface area (Å²) in [6.07, 6.45) is 4.45. The molecular formula is C33H40N2O7S2. The second kappa shape index (κ2) is 14.0. The molecule has 0 bridgehead atoms. The molecule has 2 N–H and O–H groups in total. The molecule has 3 aromatic carbocycles. The minimum Gasteiger partial charge on any atom is -0.480 e. The molecule has 1 saturated heterocycles. The van der Waals surface area contributed by atoms with Gasteiger partial charge in [-0.15, -0.1) is 0 Å². The Morgan fingerprint density at radius 3 is 2.16 bits per heavy atom. The normalized spacial score (nSPS) is 18.2. The van der Waals surface area contributed by atoms with Gasteiger partial charge in [-0.05, 0) is 72.6 Å². The van der Waals surface area contributed by atoms with Gasteiger partial charge in [0.2, 0.25) is 0 Å². The van der Waals surface area contributed by atoms with E-state index in [-0.39, 0.29) is 35.6 Å². The van der Waals surface area contributed by atoms with Crippen LogP contribution in [0.2, 0.25) is 0 Å². The van der Waals surface area contributed by atoms with E-state index in [9.17, 15) is 31.5 Å². The summed E-state index contributed by atoms with van der Waals surface area (Å²) >= 11 is 0. The number of carboxylic acid groups (broad SMARTS) is 1. The standard InChI is InChI=1S/C33H40N2O7S2/c1-23-9-7-8-12-28(23)30-20-25(13-16-29(30)32(36)34-31(33(37)38)17-18-43(2,39)40)21-35-26(19-24-10-5-4-6-11-24)14-15-27(35)22-44(3,41)42/h4-13,16,20,26-27,31H,14-15,17-19,21-22H2,1-3H3,(H,34,36)(H,37,38)/t26?,27-,31-/m0/s1. The lowest BCUT2D eigenvalue weighted by Crippen LogP contribution is -2.42. The summed E-state index contributed by atoms with van der Waals surface area (Å²) in [6.45, 7) is 2.40. The number of likely N-dealkylation sites (tertiary alicyclic amines) is 1. The van der Waals surface area contributed by atoms with E-state index in [0.717, 1.165) is 42.2 Å². The zero-order valence-electron chi connectivity index (χ0n) is 25.3. The van der Waals surface area contributed by atoms with Crippen LogP contribution in [0.15, 0.2) is 72.8 Å². The minimum absolute atomic E-state index is 0.0630. The summed E-state index contributed by atoms with van der Waals surface area (Å²) in [5.41, 5.74) is 4.68. The lowest BCUT2D eigenvalue weighted by Gasteiger charge is -2.30. The molecule has 1 amide bonds. The van der Waals surface area contributed by atoms with Crippen LogP contribution in [0.25, 0.3) is 11.1 Å². The van der Waals surface area contributed by atoms with Crippen LogP contribution in [0, 0.1) is 6.92 Å². The lowest BCUT2D eigenvalue weighted by atomic mass is 9.93. The van der Waals surface area contributed by atoms with Crippen LogP contribution in [-0.4, -0.2) is 80.9 Å². The van der Waals surface area contributed by atoms with Crippen molar-refractivity contribution in [1.82, 2.24) is 10.2 Å². The number of benzene rings is 3. The Hall–Kier alpha value is -3.54. The third kappa shape index (κ3) is 9.23. The monoisotopic (exact) mass is 640 g/mol. The van der Waals surface area contributed by atoms with Gasteiger partial charge >= 0.3 is 5.97 Å². The fourth-order valence-electron chi connectivity index (χ4n) is 5.93. The van der Waals surface area contributed by atoms with Crippen molar-refractivity contribution in [1.29, 1.82) is 0 Å². The smallest absolute Gasteiger partial charge is 0.326 e. The number of aliphatic carboxylic acids is 1. The van der Waals surface area contributed by atoms with Crippen molar-refractivity contribution in [2.24, 2.45) is 0 Å². The Morgan fingerprint density at radius 2 is 1.52 bits per heavy atom. The van der Waals surface area contributed by atoms with Crippen molar-refractivity contribution in [2.75, 3.05) is 24.0 Å². The van der Waals surface area contributed by atoms with Crippen molar-refractivity contribution in [3.63, 3.8) is 0 Å². The zero-order chi connectivity index (χ0) is 32.1. The molecule has 11 heteroatoms. The number of hydrogen-bond acceptors (Lipinski definition) is 7. The first-order valence-electron chi connectivity index (χ1n) is 14.6. The van der Waals surface area contributed by atoms with Crippen molar-refractivity contribution in [2.45, 2.75) is 57.3 Å². The van der Waals surface area contributed by atoms with Gasteiger partial charge in [0.1, 0.15) is 25.7 Å². The zero-order valence-corrected chi connectivity index (χ0v) is 26.9. The van der Waals surface area contributed by atoms with E-state index in [1.807, 2.05) is 61.5 Å². The van der Waals surface area contributed by atoms with Gasteiger partial charge in [0.15, 0.2) is 0 Å². The fraction of sp³-hybridized carbons (Fsp3) is 0.394. The molecule has 44 heavy (non-hydrogen) atoms. The maximum atomic E-state index is 13.5. The van der Waals surface area contributed by atoms with Crippen molar-refractivity contribution >= 4 is 31.6 Å². The number of sulfone groups is 2. The van der Waals surface area contributed by atoms with Gasteiger partial charge in [-0.2, -0.15) is 0 Å². The molecule has 0 aromatic heterocycles. The molecule has 1 fully saturated rings. The number of carboxylic acids is 1. The Bertz CT molecular complexity index is 1710. The highest BCUT2D eigenvalue weighted by atomic mass is 32.2. The third-order valence-corrected chi connectivity index (χ3v) is 10.1. The summed E-state index contributed by atoms with van der Waals surface area (Å²) in [5, 5.41) is 12.2. The van der Waals surface area contributed by atoms with Crippen molar-refractivity contribution < 1.29 is 31.5 Å². The van der Waals surface area contributed by atoms with Gasteiger partial charge < -0.3 is 10.4 Å². The topological polar surface area (TPSA) is 138 Å². The lowest BCUT2D eigenvalue weighted by molar-refractivity contribution is -0.139. The number of aryl methyl sites for hydroxylation is 1. The Morgan fingerprint density at radius 1 is 0.864 bits per heavy atom. The summed E-state index contributed by atoms with van der Waals surface area (Å²) < 4.78 is 48.0. The van der Waals surface area contributed by atoms with Crippen LogP contribution in [0.4, 0.5) is 0 Å². The largest absolute Gasteiger partial charge is 0.480 e. The summed E-state index contributed by atoms with van der Waals surface area (Å²) in [6, 6.07) is 21.7. The Kier molecular flexibility index (Phi) is 10.6. The second-order valence-corrected chi connectivity index (χ2v) is 16.3. The highest BCUT2D eigenvalue weighted by Gasteiger charge is 2.35. The number of carbonyl (C=O) groups is 2. The number of carbonyl (C=O) groups excluding carboxylic acids is 1. The predicted octanol–water partition coefficient (Wildman–Crippen LogP) is 3.90. The van der Waals surface area contributed by atoms with E-state index in [2.05, 4.69) is 22.3 Å². The van der Waals surface area contributed by atoms with Crippen LogP contribution in [0.3, 0.4) is 0 Å². The highest BCUT2D eigenvalue weighted by molar-refractivity contribution is 7.90. The molecule has 3 atom stereocenters. The number of nitrogens with one attached hydrogen (secondary N) is 1. The van der Waals surface area contributed by atoms with E-state index in [1.165, 1.54) is 11.8 Å². The number of amides is 1. The van der Waals surface area contributed by atoms with Crippen LogP contribution < -0.4 is 5.32 Å². The Balaban J connectivity index is 1.68. The second-order valence-electron chi connectivity index (χ2n) is 11.8. The molecule has 0 spiro atoms. The molecule has 1 aliphatic heterocycles. The molecule has 0 radical (unpaired) electrons. The maximum Gasteiger partial charge on any atom is 0.326 e. The first-order chi connectivity index (χ1) is 20.7. The molecule has 1 unspecified atom stereocenters.